The van der Waals surface area contributed by atoms with Gasteiger partial charge >= 0.3 is 0 Å². The van der Waals surface area contributed by atoms with Gasteiger partial charge in [-0.25, -0.2) is 0 Å². The number of ether oxygens (including phenoxy) is 2. The summed E-state index contributed by atoms with van der Waals surface area (Å²) in [5.74, 6) is 7.55. The fourth-order valence-electron chi connectivity index (χ4n) is 3.58. The van der Waals surface area contributed by atoms with Gasteiger partial charge in [-0.3, -0.25) is 11.3 Å². The zero-order chi connectivity index (χ0) is 14.6. The molecular formula is C16H26N2O2. The number of hydrogen-bond acceptors (Lipinski definition) is 4. The molecule has 1 aliphatic carbocycles. The molecule has 1 aromatic rings. The van der Waals surface area contributed by atoms with Gasteiger partial charge in [-0.15, -0.1) is 0 Å². The van der Waals surface area contributed by atoms with Crippen LogP contribution in [0, 0.1) is 5.41 Å². The summed E-state index contributed by atoms with van der Waals surface area (Å²) in [7, 11) is 3.36. The minimum absolute atomic E-state index is 0.121. The molecule has 4 heteroatoms. The van der Waals surface area contributed by atoms with Crippen molar-refractivity contribution in [3.63, 3.8) is 0 Å². The summed E-state index contributed by atoms with van der Waals surface area (Å²) in [6.07, 6.45) is 6.12. The molecule has 0 amide bonds. The molecule has 20 heavy (non-hydrogen) atoms. The molecule has 0 spiro atoms. The average molecular weight is 278 g/mol. The van der Waals surface area contributed by atoms with E-state index >= 15 is 0 Å². The van der Waals surface area contributed by atoms with E-state index < -0.39 is 0 Å². The van der Waals surface area contributed by atoms with Crippen LogP contribution in [0.4, 0.5) is 0 Å². The molecule has 1 unspecified atom stereocenters. The molecule has 0 heterocycles. The van der Waals surface area contributed by atoms with Crippen molar-refractivity contribution in [1.29, 1.82) is 0 Å². The Hall–Kier alpha value is -1.26. The molecule has 3 N–H and O–H groups in total. The van der Waals surface area contributed by atoms with Crippen LogP contribution in [0.1, 0.15) is 50.6 Å². The van der Waals surface area contributed by atoms with Crippen molar-refractivity contribution < 1.29 is 9.47 Å². The highest BCUT2D eigenvalue weighted by atomic mass is 16.5. The molecule has 1 atom stereocenters. The van der Waals surface area contributed by atoms with Crippen LogP contribution in [0.2, 0.25) is 0 Å². The number of hydrogen-bond donors (Lipinski definition) is 2. The lowest BCUT2D eigenvalue weighted by Crippen LogP contribution is -2.40. The van der Waals surface area contributed by atoms with Crippen molar-refractivity contribution in [2.24, 2.45) is 11.3 Å². The predicted molar refractivity (Wildman–Crippen MR) is 80.8 cm³/mol. The summed E-state index contributed by atoms with van der Waals surface area (Å²) in [6.45, 7) is 2.26. The van der Waals surface area contributed by atoms with Gasteiger partial charge in [0.15, 0.2) is 0 Å². The van der Waals surface area contributed by atoms with Gasteiger partial charge in [0, 0.05) is 11.6 Å². The van der Waals surface area contributed by atoms with Crippen LogP contribution in [-0.2, 0) is 0 Å². The normalized spacial score (nSPS) is 18.8. The molecule has 0 saturated heterocycles. The van der Waals surface area contributed by atoms with E-state index in [4.69, 9.17) is 15.3 Å². The minimum Gasteiger partial charge on any atom is -0.497 e. The summed E-state index contributed by atoms with van der Waals surface area (Å²) in [5.41, 5.74) is 4.40. The van der Waals surface area contributed by atoms with Crippen molar-refractivity contribution in [3.8, 4) is 11.5 Å². The highest BCUT2D eigenvalue weighted by Gasteiger charge is 2.41. The molecule has 0 radical (unpaired) electrons. The predicted octanol–water partition coefficient (Wildman–Crippen LogP) is 3.18. The Morgan fingerprint density at radius 2 is 1.95 bits per heavy atom. The second-order valence-electron chi connectivity index (χ2n) is 5.63. The zero-order valence-corrected chi connectivity index (χ0v) is 12.7. The third-order valence-corrected chi connectivity index (χ3v) is 4.83. The highest BCUT2D eigenvalue weighted by Crippen LogP contribution is 2.51. The smallest absolute Gasteiger partial charge is 0.127 e. The quantitative estimate of drug-likeness (QED) is 0.620. The SMILES string of the molecule is CCC1(C(NN)c2ccc(OC)cc2OC)CCCC1. The van der Waals surface area contributed by atoms with Gasteiger partial charge in [0.05, 0.1) is 20.3 Å². The molecule has 112 valence electrons. The summed E-state index contributed by atoms with van der Waals surface area (Å²) in [4.78, 5) is 0. The summed E-state index contributed by atoms with van der Waals surface area (Å²) < 4.78 is 10.8. The van der Waals surface area contributed by atoms with Gasteiger partial charge < -0.3 is 9.47 Å². The summed E-state index contributed by atoms with van der Waals surface area (Å²) >= 11 is 0. The van der Waals surface area contributed by atoms with Crippen molar-refractivity contribution in [2.45, 2.75) is 45.1 Å². The third kappa shape index (κ3) is 2.63. The monoisotopic (exact) mass is 278 g/mol. The molecule has 0 aliphatic heterocycles. The van der Waals surface area contributed by atoms with Gasteiger partial charge in [-0.2, -0.15) is 0 Å². The maximum Gasteiger partial charge on any atom is 0.127 e. The van der Waals surface area contributed by atoms with Crippen LogP contribution in [0.25, 0.3) is 0 Å². The van der Waals surface area contributed by atoms with Crippen molar-refractivity contribution in [1.82, 2.24) is 5.43 Å². The van der Waals surface area contributed by atoms with Crippen LogP contribution < -0.4 is 20.7 Å². The van der Waals surface area contributed by atoms with Gasteiger partial charge in [-0.1, -0.05) is 19.8 Å². The highest BCUT2D eigenvalue weighted by molar-refractivity contribution is 5.43. The summed E-state index contributed by atoms with van der Waals surface area (Å²) in [5, 5.41) is 0. The Bertz CT molecular complexity index is 442. The van der Waals surface area contributed by atoms with Crippen molar-refractivity contribution in [3.05, 3.63) is 23.8 Å². The average Bonchev–Trinajstić information content (AvgIpc) is 2.98. The first kappa shape index (κ1) is 15.1. The molecule has 1 saturated carbocycles. The van der Waals surface area contributed by atoms with Gasteiger partial charge in [0.25, 0.3) is 0 Å². The van der Waals surface area contributed by atoms with E-state index in [0.717, 1.165) is 23.5 Å². The van der Waals surface area contributed by atoms with Gasteiger partial charge in [-0.05, 0) is 36.8 Å². The Kier molecular flexibility index (Phi) is 4.89. The number of nitrogens with two attached hydrogens (primary N) is 1. The van der Waals surface area contributed by atoms with Crippen LogP contribution in [0.5, 0.6) is 11.5 Å². The van der Waals surface area contributed by atoms with E-state index in [1.54, 1.807) is 14.2 Å². The Labute approximate surface area is 121 Å². The van der Waals surface area contributed by atoms with Crippen molar-refractivity contribution in [2.75, 3.05) is 14.2 Å². The number of rotatable bonds is 6. The van der Waals surface area contributed by atoms with Crippen LogP contribution in [-0.4, -0.2) is 14.2 Å². The molecule has 1 fully saturated rings. The standard InChI is InChI=1S/C16H26N2O2/c1-4-16(9-5-6-10-16)15(18-17)13-8-7-12(19-2)11-14(13)20-3/h7-8,11,15,18H,4-6,9-10,17H2,1-3H3. The van der Waals surface area contributed by atoms with E-state index in [2.05, 4.69) is 18.4 Å². The molecule has 4 nitrogen and oxygen atoms in total. The third-order valence-electron chi connectivity index (χ3n) is 4.83. The van der Waals surface area contributed by atoms with E-state index in [1.807, 2.05) is 12.1 Å². The molecule has 1 aromatic carbocycles. The maximum atomic E-state index is 5.90. The first-order valence-corrected chi connectivity index (χ1v) is 7.39. The number of nitrogens with one attached hydrogen (secondary N) is 1. The maximum absolute atomic E-state index is 5.90. The molecule has 2 rings (SSSR count). The lowest BCUT2D eigenvalue weighted by Gasteiger charge is -2.37. The lowest BCUT2D eigenvalue weighted by atomic mass is 9.73. The van der Waals surface area contributed by atoms with Gasteiger partial charge in [0.1, 0.15) is 11.5 Å². The minimum atomic E-state index is 0.121. The van der Waals surface area contributed by atoms with Gasteiger partial charge in [0.2, 0.25) is 0 Å². The fraction of sp³-hybridized carbons (Fsp3) is 0.625. The zero-order valence-electron chi connectivity index (χ0n) is 12.7. The Morgan fingerprint density at radius 1 is 1.25 bits per heavy atom. The lowest BCUT2D eigenvalue weighted by molar-refractivity contribution is 0.184. The van der Waals surface area contributed by atoms with E-state index in [0.29, 0.717) is 0 Å². The van der Waals surface area contributed by atoms with Crippen molar-refractivity contribution >= 4 is 0 Å². The first-order chi connectivity index (χ1) is 9.70. The second-order valence-corrected chi connectivity index (χ2v) is 5.63. The topological polar surface area (TPSA) is 56.5 Å². The van der Waals surface area contributed by atoms with Crippen LogP contribution >= 0.6 is 0 Å². The van der Waals surface area contributed by atoms with Crippen LogP contribution in [0.3, 0.4) is 0 Å². The summed E-state index contributed by atoms with van der Waals surface area (Å²) in [6, 6.07) is 6.09. The fourth-order valence-corrected chi connectivity index (χ4v) is 3.58. The number of benzene rings is 1. The first-order valence-electron chi connectivity index (χ1n) is 7.39. The van der Waals surface area contributed by atoms with Crippen LogP contribution in [0.15, 0.2) is 18.2 Å². The number of hydrazine groups is 1. The molecule has 1 aliphatic rings. The van der Waals surface area contributed by atoms with E-state index in [9.17, 15) is 0 Å². The second kappa shape index (κ2) is 6.46. The Morgan fingerprint density at radius 3 is 2.45 bits per heavy atom. The molecule has 0 bridgehead atoms. The molecular weight excluding hydrogens is 252 g/mol. The number of methoxy groups -OCH3 is 2. The Balaban J connectivity index is 2.40. The van der Waals surface area contributed by atoms with E-state index in [-0.39, 0.29) is 11.5 Å². The largest absolute Gasteiger partial charge is 0.497 e. The molecule has 0 aromatic heterocycles. The van der Waals surface area contributed by atoms with E-state index in [1.165, 1.54) is 25.7 Å².